The fourth-order valence-corrected chi connectivity index (χ4v) is 4.33. The Hall–Kier alpha value is -1.56. The predicted octanol–water partition coefficient (Wildman–Crippen LogP) is 2.07. The lowest BCUT2D eigenvalue weighted by molar-refractivity contribution is 0.0927. The molecular weight excluding hydrogens is 300 g/mol. The first-order chi connectivity index (χ1) is 10.4. The molecule has 1 saturated carbocycles. The van der Waals surface area contributed by atoms with Crippen LogP contribution in [0.25, 0.3) is 0 Å². The fourth-order valence-electron chi connectivity index (χ4n) is 3.37. The second-order valence-electron chi connectivity index (χ2n) is 6.24. The lowest BCUT2D eigenvalue weighted by Crippen LogP contribution is -2.36. The van der Waals surface area contributed by atoms with Crippen LogP contribution in [0.5, 0.6) is 0 Å². The number of rotatable bonds is 3. The van der Waals surface area contributed by atoms with Crippen LogP contribution in [0.1, 0.15) is 48.0 Å². The third-order valence-corrected chi connectivity index (χ3v) is 5.72. The van der Waals surface area contributed by atoms with Gasteiger partial charge in [0.1, 0.15) is 0 Å². The minimum absolute atomic E-state index is 0.0486. The first-order valence-electron chi connectivity index (χ1n) is 7.86. The number of nitrogens with one attached hydrogen (secondary N) is 1. The van der Waals surface area contributed by atoms with Gasteiger partial charge in [0.2, 0.25) is 10.0 Å². The summed E-state index contributed by atoms with van der Waals surface area (Å²) in [5, 5.41) is 3.10. The van der Waals surface area contributed by atoms with E-state index in [1.165, 1.54) is 29.8 Å². The fraction of sp³-hybridized carbons (Fsp3) is 0.562. The van der Waals surface area contributed by atoms with Crippen LogP contribution in [-0.4, -0.2) is 33.2 Å². The van der Waals surface area contributed by atoms with Crippen LogP contribution < -0.4 is 9.62 Å². The lowest BCUT2D eigenvalue weighted by Gasteiger charge is -2.23. The van der Waals surface area contributed by atoms with Crippen molar-refractivity contribution in [2.45, 2.75) is 44.6 Å². The molecule has 0 atom stereocenters. The summed E-state index contributed by atoms with van der Waals surface area (Å²) < 4.78 is 24.9. The predicted molar refractivity (Wildman–Crippen MR) is 86.7 cm³/mol. The lowest BCUT2D eigenvalue weighted by atomic mass is 9.95. The molecule has 1 aliphatic heterocycles. The molecule has 5 nitrogen and oxygen atoms in total. The van der Waals surface area contributed by atoms with Crippen molar-refractivity contribution in [1.82, 2.24) is 5.32 Å². The molecule has 6 heteroatoms. The highest BCUT2D eigenvalue weighted by Crippen LogP contribution is 2.30. The maximum atomic E-state index is 12.3. The van der Waals surface area contributed by atoms with Crippen molar-refractivity contribution >= 4 is 21.6 Å². The van der Waals surface area contributed by atoms with Crippen LogP contribution in [0.2, 0.25) is 0 Å². The van der Waals surface area contributed by atoms with Gasteiger partial charge in [-0.25, -0.2) is 8.42 Å². The quantitative estimate of drug-likeness (QED) is 0.926. The zero-order chi connectivity index (χ0) is 15.7. The molecule has 1 N–H and O–H groups in total. The number of hydrogen-bond acceptors (Lipinski definition) is 3. The van der Waals surface area contributed by atoms with Gasteiger partial charge in [-0.05, 0) is 43.0 Å². The molecule has 1 heterocycles. The van der Waals surface area contributed by atoms with Gasteiger partial charge in [0.05, 0.1) is 11.9 Å². The van der Waals surface area contributed by atoms with Gasteiger partial charge in [0, 0.05) is 18.2 Å². The van der Waals surface area contributed by atoms with E-state index >= 15 is 0 Å². The summed E-state index contributed by atoms with van der Waals surface area (Å²) in [4.78, 5) is 12.3. The van der Waals surface area contributed by atoms with Crippen LogP contribution in [0.4, 0.5) is 5.69 Å². The number of fused-ring (bicyclic) bond motifs is 1. The highest BCUT2D eigenvalue weighted by molar-refractivity contribution is 7.92. The third-order valence-electron chi connectivity index (χ3n) is 4.54. The van der Waals surface area contributed by atoms with Crippen LogP contribution in [0.3, 0.4) is 0 Å². The highest BCUT2D eigenvalue weighted by atomic mass is 32.2. The number of benzene rings is 1. The molecule has 3 rings (SSSR count). The first kappa shape index (κ1) is 15.3. The van der Waals surface area contributed by atoms with Gasteiger partial charge in [0.25, 0.3) is 5.91 Å². The van der Waals surface area contributed by atoms with Crippen molar-refractivity contribution in [2.24, 2.45) is 0 Å². The summed E-state index contributed by atoms with van der Waals surface area (Å²) in [7, 11) is -3.24. The maximum absolute atomic E-state index is 12.3. The largest absolute Gasteiger partial charge is 0.349 e. The molecule has 1 aromatic rings. The van der Waals surface area contributed by atoms with Gasteiger partial charge >= 0.3 is 0 Å². The minimum atomic E-state index is -3.24. The smallest absolute Gasteiger partial charge is 0.251 e. The van der Waals surface area contributed by atoms with Crippen molar-refractivity contribution < 1.29 is 13.2 Å². The van der Waals surface area contributed by atoms with Crippen LogP contribution in [0.15, 0.2) is 18.2 Å². The molecule has 0 aromatic heterocycles. The molecule has 0 saturated heterocycles. The molecule has 1 aromatic carbocycles. The van der Waals surface area contributed by atoms with E-state index < -0.39 is 10.0 Å². The molecule has 1 fully saturated rings. The van der Waals surface area contributed by atoms with Crippen LogP contribution in [0, 0.1) is 0 Å². The van der Waals surface area contributed by atoms with E-state index in [9.17, 15) is 13.2 Å². The Morgan fingerprint density at radius 2 is 1.95 bits per heavy atom. The van der Waals surface area contributed by atoms with Crippen LogP contribution >= 0.6 is 0 Å². The normalized spacial score (nSPS) is 19.0. The van der Waals surface area contributed by atoms with Gasteiger partial charge in [-0.1, -0.05) is 19.3 Å². The molecule has 0 radical (unpaired) electrons. The SMILES string of the molecule is CS(=O)(=O)N1CCc2cc(C(=O)NC3CCCCC3)ccc21. The van der Waals surface area contributed by atoms with E-state index in [4.69, 9.17) is 0 Å². The Kier molecular flexibility index (Phi) is 4.12. The maximum Gasteiger partial charge on any atom is 0.251 e. The monoisotopic (exact) mass is 322 g/mol. The first-order valence-corrected chi connectivity index (χ1v) is 9.71. The number of sulfonamides is 1. The van der Waals surface area contributed by atoms with Crippen LogP contribution in [-0.2, 0) is 16.4 Å². The van der Waals surface area contributed by atoms with Gasteiger partial charge in [0.15, 0.2) is 0 Å². The number of carbonyl (C=O) groups is 1. The Balaban J connectivity index is 1.75. The average molecular weight is 322 g/mol. The number of nitrogens with zero attached hydrogens (tertiary/aromatic N) is 1. The molecular formula is C16H22N2O3S. The third kappa shape index (κ3) is 3.11. The molecule has 0 spiro atoms. The Labute approximate surface area is 131 Å². The van der Waals surface area contributed by atoms with Gasteiger partial charge in [-0.15, -0.1) is 0 Å². The highest BCUT2D eigenvalue weighted by Gasteiger charge is 2.27. The average Bonchev–Trinajstić information content (AvgIpc) is 2.91. The number of anilines is 1. The Bertz CT molecular complexity index is 679. The van der Waals surface area contributed by atoms with E-state index in [0.717, 1.165) is 18.4 Å². The zero-order valence-corrected chi connectivity index (χ0v) is 13.7. The summed E-state index contributed by atoms with van der Waals surface area (Å²) in [5.41, 5.74) is 2.26. The van der Waals surface area contributed by atoms with Crippen molar-refractivity contribution in [3.8, 4) is 0 Å². The molecule has 2 aliphatic rings. The van der Waals surface area contributed by atoms with Crippen molar-refractivity contribution in [1.29, 1.82) is 0 Å². The van der Waals surface area contributed by atoms with Crippen molar-refractivity contribution in [3.63, 3.8) is 0 Å². The second-order valence-corrected chi connectivity index (χ2v) is 8.14. The number of carbonyl (C=O) groups excluding carboxylic acids is 1. The molecule has 22 heavy (non-hydrogen) atoms. The molecule has 120 valence electrons. The summed E-state index contributed by atoms with van der Waals surface area (Å²) in [6, 6.07) is 5.58. The summed E-state index contributed by atoms with van der Waals surface area (Å²) in [6.07, 6.45) is 7.60. The zero-order valence-electron chi connectivity index (χ0n) is 12.8. The minimum Gasteiger partial charge on any atom is -0.349 e. The topological polar surface area (TPSA) is 66.5 Å². The van der Waals surface area contributed by atoms with E-state index in [1.54, 1.807) is 12.1 Å². The Morgan fingerprint density at radius 3 is 2.64 bits per heavy atom. The molecule has 1 amide bonds. The molecule has 0 bridgehead atoms. The number of hydrogen-bond donors (Lipinski definition) is 1. The van der Waals surface area contributed by atoms with Crippen molar-refractivity contribution in [3.05, 3.63) is 29.3 Å². The van der Waals surface area contributed by atoms with Gasteiger partial charge in [-0.2, -0.15) is 0 Å². The summed E-state index contributed by atoms with van der Waals surface area (Å²) in [5.74, 6) is -0.0486. The van der Waals surface area contributed by atoms with Crippen molar-refractivity contribution in [2.75, 3.05) is 17.1 Å². The van der Waals surface area contributed by atoms with E-state index in [1.807, 2.05) is 6.07 Å². The molecule has 1 aliphatic carbocycles. The standard InChI is InChI=1S/C16H22N2O3S/c1-22(20,21)18-10-9-12-11-13(7-8-15(12)18)16(19)17-14-5-3-2-4-6-14/h7-8,11,14H,2-6,9-10H2,1H3,(H,17,19). The van der Waals surface area contributed by atoms with E-state index in [2.05, 4.69) is 5.32 Å². The molecule has 0 unspecified atom stereocenters. The Morgan fingerprint density at radius 1 is 1.23 bits per heavy atom. The van der Waals surface area contributed by atoms with Gasteiger partial charge < -0.3 is 5.32 Å². The summed E-state index contributed by atoms with van der Waals surface area (Å²) in [6.45, 7) is 0.460. The van der Waals surface area contributed by atoms with E-state index in [0.29, 0.717) is 24.2 Å². The number of amides is 1. The second kappa shape index (κ2) is 5.91. The van der Waals surface area contributed by atoms with Gasteiger partial charge in [-0.3, -0.25) is 9.10 Å². The van der Waals surface area contributed by atoms with E-state index in [-0.39, 0.29) is 11.9 Å². The summed E-state index contributed by atoms with van der Waals surface area (Å²) >= 11 is 0.